The average molecular weight is 1920 g/mol. The maximum absolute atomic E-state index is 4.72. The molecular weight excluding hydrogens is 1710 g/mol. The van der Waals surface area contributed by atoms with Gasteiger partial charge in [-0.25, -0.2) is 34.9 Å². The van der Waals surface area contributed by atoms with E-state index in [-0.39, 0.29) is 108 Å². The molecule has 0 aliphatic carbocycles. The molecule has 0 saturated heterocycles. The van der Waals surface area contributed by atoms with Crippen LogP contribution >= 0.6 is 0 Å². The Morgan fingerprint density at radius 3 is 0.614 bits per heavy atom. The highest BCUT2D eigenvalue weighted by molar-refractivity contribution is 5.34. The lowest BCUT2D eigenvalue weighted by atomic mass is 9.82. The zero-order chi connectivity index (χ0) is 110. The summed E-state index contributed by atoms with van der Waals surface area (Å²) in [5, 5.41) is 0. The number of rotatable bonds is 0. The Morgan fingerprint density at radius 2 is 0.371 bits per heavy atom. The minimum absolute atomic E-state index is 0.0110. The molecule has 14 heteroatoms. The van der Waals surface area contributed by atoms with Crippen LogP contribution in [0.15, 0.2) is 159 Å². The minimum atomic E-state index is -0.0110. The lowest BCUT2D eigenvalue weighted by molar-refractivity contribution is 0.495. The second kappa shape index (κ2) is 48.7. The lowest BCUT2D eigenvalue weighted by Crippen LogP contribution is -2.22. The quantitative estimate of drug-likeness (QED) is 0.140. The molecule has 0 radical (unpaired) electrons. The summed E-state index contributed by atoms with van der Waals surface area (Å²) in [6.45, 7) is 131. The van der Waals surface area contributed by atoms with E-state index in [9.17, 15) is 0 Å². The molecule has 9 heterocycles. The largest absolute Gasteiger partial charge is 0.264 e. The van der Waals surface area contributed by atoms with Crippen LogP contribution < -0.4 is 0 Å². The van der Waals surface area contributed by atoms with Crippen LogP contribution in [-0.4, -0.2) is 69.8 Å². The topological polar surface area (TPSA) is 180 Å². The van der Waals surface area contributed by atoms with E-state index < -0.39 is 0 Å². The minimum Gasteiger partial charge on any atom is -0.264 e. The van der Waals surface area contributed by atoms with Crippen molar-refractivity contribution in [2.45, 2.75) is 524 Å². The Bertz CT molecular complexity index is 4170. The standard InChI is InChI=1S/C14H22.5C13H21N.3C12H20N2.C11H19N3/c1-13(2,3)11-7-9-12(10-8-11)14(4,5)6;1-12(2,3)10-7-11(9-14-8-10)13(4,5)6;2*1-12(2,3)10-7-8-14-11(9-10)13(4,5)6;1-12(2,3)10-7-8-11(14-9-10)13(4,5)6;1-12(2,3)10-8-7-9-11(14-10)13(4,5)6;1-11(2,3)9-7-13-8-10(14-9)12(4,5)6;2*1-11(2,3)9-7-8-13-10(14-9)12(4,5)6;1-10(2,3)8-12-7-13-9(14-8)11(4,5)6/h7-10H,1-6H3;5*7-9H,1-6H3;3*7-8H,1-6H3;7H,1-6H3. The van der Waals surface area contributed by atoms with Gasteiger partial charge < -0.3 is 0 Å². The highest BCUT2D eigenvalue weighted by atomic mass is 15.0. The molecule has 0 unspecified atom stereocenters. The molecule has 780 valence electrons. The third-order valence-electron chi connectivity index (χ3n) is 22.8. The molecule has 0 fully saturated rings. The first-order valence-corrected chi connectivity index (χ1v) is 51.3. The maximum atomic E-state index is 4.72. The van der Waals surface area contributed by atoms with Gasteiger partial charge in [-0.2, -0.15) is 0 Å². The van der Waals surface area contributed by atoms with Crippen molar-refractivity contribution in [1.82, 2.24) is 69.8 Å². The Kier molecular flexibility index (Phi) is 45.0. The van der Waals surface area contributed by atoms with Crippen molar-refractivity contribution >= 4 is 0 Å². The number of hydrogen-bond acceptors (Lipinski definition) is 14. The molecule has 0 atom stereocenters. The summed E-state index contributed by atoms with van der Waals surface area (Å²) in [5.41, 5.74) is 22.3. The predicted octanol–water partition coefficient (Wildman–Crippen LogP) is 34.3. The third-order valence-corrected chi connectivity index (χ3v) is 22.8. The van der Waals surface area contributed by atoms with Gasteiger partial charge in [0, 0.05) is 166 Å². The Labute approximate surface area is 860 Å². The summed E-state index contributed by atoms with van der Waals surface area (Å²) in [5.74, 6) is 3.56. The van der Waals surface area contributed by atoms with E-state index in [1.807, 2.05) is 67.9 Å². The maximum Gasteiger partial charge on any atom is 0.137 e. The van der Waals surface area contributed by atoms with Crippen LogP contribution in [0.3, 0.4) is 0 Å². The summed E-state index contributed by atoms with van der Waals surface area (Å²) in [7, 11) is 0. The normalized spacial score (nSPS) is 13.0. The number of aromatic nitrogens is 14. The second-order valence-corrected chi connectivity index (χ2v) is 58.7. The van der Waals surface area contributed by atoms with E-state index in [0.29, 0.717) is 0 Å². The monoisotopic (exact) mass is 1920 g/mol. The van der Waals surface area contributed by atoms with Crippen molar-refractivity contribution in [2.24, 2.45) is 0 Å². The molecule has 14 nitrogen and oxygen atoms in total. The first kappa shape index (κ1) is 129. The third kappa shape index (κ3) is 47.6. The van der Waals surface area contributed by atoms with Gasteiger partial charge in [0.1, 0.15) is 29.6 Å². The zero-order valence-corrected chi connectivity index (χ0v) is 101. The number of nitrogens with zero attached hydrogens (tertiary/aromatic N) is 14. The zero-order valence-electron chi connectivity index (χ0n) is 101. The molecule has 0 aliphatic heterocycles. The highest BCUT2D eigenvalue weighted by Crippen LogP contribution is 2.36. The van der Waals surface area contributed by atoms with Crippen LogP contribution in [0.2, 0.25) is 0 Å². The van der Waals surface area contributed by atoms with Gasteiger partial charge in [-0.3, -0.25) is 34.9 Å². The van der Waals surface area contributed by atoms with Gasteiger partial charge in [0.2, 0.25) is 0 Å². The smallest absolute Gasteiger partial charge is 0.137 e. The van der Waals surface area contributed by atoms with Crippen molar-refractivity contribution in [3.8, 4) is 0 Å². The van der Waals surface area contributed by atoms with Gasteiger partial charge in [-0.1, -0.05) is 458 Å². The van der Waals surface area contributed by atoms with Gasteiger partial charge in [0.25, 0.3) is 0 Å². The van der Waals surface area contributed by atoms with E-state index >= 15 is 0 Å². The first-order valence-electron chi connectivity index (χ1n) is 51.3. The molecular formula is C126H206N14. The van der Waals surface area contributed by atoms with Crippen LogP contribution in [0.4, 0.5) is 0 Å². The molecule has 0 spiro atoms. The van der Waals surface area contributed by atoms with Gasteiger partial charge in [0.15, 0.2) is 0 Å². The van der Waals surface area contributed by atoms with Crippen LogP contribution in [-0.2, 0) is 108 Å². The van der Waals surface area contributed by atoms with Gasteiger partial charge >= 0.3 is 0 Å². The molecule has 10 aromatic rings. The van der Waals surface area contributed by atoms with E-state index in [1.54, 1.807) is 6.33 Å². The SMILES string of the molecule is CC(C)(C)c1ccc(C(C)(C)C)cc1.CC(C)(C)c1ccc(C(C)(C)C)nc1.CC(C)(C)c1cccc(C(C)(C)C)n1.CC(C)(C)c1ccnc(C(C)(C)C)c1.CC(C)(C)c1ccnc(C(C)(C)C)c1.CC(C)(C)c1ccnc(C(C)(C)C)n1.CC(C)(C)c1ccnc(C(C)(C)C)n1.CC(C)(C)c1cncc(C(C)(C)C)c1.CC(C)(C)c1cncc(C(C)(C)C)n1.CC(C)(C)c1ncnc(C(C)(C)C)n1. The van der Waals surface area contributed by atoms with Gasteiger partial charge in [0.05, 0.1) is 11.4 Å². The fourth-order valence-corrected chi connectivity index (χ4v) is 12.3. The molecule has 0 saturated carbocycles. The molecule has 0 bridgehead atoms. The number of benzene rings is 1. The lowest BCUT2D eigenvalue weighted by Gasteiger charge is -2.23. The van der Waals surface area contributed by atoms with Crippen LogP contribution in [0.5, 0.6) is 0 Å². The fourth-order valence-electron chi connectivity index (χ4n) is 12.3. The molecule has 9 aromatic heterocycles. The first-order chi connectivity index (χ1) is 62.1. The van der Waals surface area contributed by atoms with E-state index in [4.69, 9.17) is 4.98 Å². The van der Waals surface area contributed by atoms with Crippen LogP contribution in [0.25, 0.3) is 0 Å². The van der Waals surface area contributed by atoms with E-state index in [1.165, 1.54) is 61.7 Å². The molecule has 0 aliphatic rings. The van der Waals surface area contributed by atoms with E-state index in [0.717, 1.165) is 51.8 Å². The molecule has 0 amide bonds. The molecule has 10 rings (SSSR count). The Balaban J connectivity index is 0.000000778. The Hall–Kier alpha value is -8.78. The van der Waals surface area contributed by atoms with Crippen molar-refractivity contribution in [2.75, 3.05) is 0 Å². The van der Waals surface area contributed by atoms with Crippen LogP contribution in [0.1, 0.15) is 529 Å². The van der Waals surface area contributed by atoms with Crippen LogP contribution in [0, 0.1) is 0 Å². The predicted molar refractivity (Wildman–Crippen MR) is 608 cm³/mol. The van der Waals surface area contributed by atoms with Crippen molar-refractivity contribution in [1.29, 1.82) is 0 Å². The summed E-state index contributed by atoms with van der Waals surface area (Å²) in [4.78, 5) is 62.0. The molecule has 140 heavy (non-hydrogen) atoms. The van der Waals surface area contributed by atoms with Crippen molar-refractivity contribution in [3.05, 3.63) is 273 Å². The van der Waals surface area contributed by atoms with E-state index in [2.05, 4.69) is 565 Å². The number of hydrogen-bond donors (Lipinski definition) is 0. The second-order valence-electron chi connectivity index (χ2n) is 58.7. The highest BCUT2D eigenvalue weighted by Gasteiger charge is 2.31. The number of pyridine rings is 5. The van der Waals surface area contributed by atoms with Gasteiger partial charge in [-0.05, 0) is 131 Å². The van der Waals surface area contributed by atoms with Crippen molar-refractivity contribution < 1.29 is 0 Å². The van der Waals surface area contributed by atoms with Gasteiger partial charge in [-0.15, -0.1) is 0 Å². The summed E-state index contributed by atoms with van der Waals surface area (Å²) in [6.07, 6.45) is 18.8. The summed E-state index contributed by atoms with van der Waals surface area (Å²) < 4.78 is 0. The van der Waals surface area contributed by atoms with Crippen molar-refractivity contribution in [3.63, 3.8) is 0 Å². The molecule has 1 aromatic carbocycles. The molecule has 0 N–H and O–H groups in total. The fraction of sp³-hybridized carbons (Fsp3) is 0.635. The Morgan fingerprint density at radius 1 is 0.136 bits per heavy atom. The summed E-state index contributed by atoms with van der Waals surface area (Å²) >= 11 is 0. The summed E-state index contributed by atoms with van der Waals surface area (Å²) in [6, 6.07) is 34.6. The average Bonchev–Trinajstić information content (AvgIpc) is 0.865.